The molecule has 1 fully saturated rings. The number of aryl methyl sites for hydroxylation is 1. The van der Waals surface area contributed by atoms with Gasteiger partial charge in [-0.15, -0.1) is 0 Å². The highest BCUT2D eigenvalue weighted by Gasteiger charge is 2.52. The van der Waals surface area contributed by atoms with E-state index in [1.54, 1.807) is 11.8 Å². The van der Waals surface area contributed by atoms with E-state index in [9.17, 15) is 9.59 Å². The van der Waals surface area contributed by atoms with Gasteiger partial charge in [0.05, 0.1) is 6.61 Å². The topological polar surface area (TPSA) is 67.9 Å². The van der Waals surface area contributed by atoms with E-state index in [0.29, 0.717) is 6.54 Å². The van der Waals surface area contributed by atoms with Gasteiger partial charge >= 0.3 is 12.1 Å². The summed E-state index contributed by atoms with van der Waals surface area (Å²) in [7, 11) is 0. The van der Waals surface area contributed by atoms with Crippen LogP contribution in [0.1, 0.15) is 29.7 Å². The molecule has 0 bridgehead atoms. The summed E-state index contributed by atoms with van der Waals surface area (Å²) in [6, 6.07) is 14.7. The molecule has 27 heavy (non-hydrogen) atoms. The van der Waals surface area contributed by atoms with Crippen molar-refractivity contribution >= 4 is 17.7 Å². The number of rotatable bonds is 4. The zero-order valence-corrected chi connectivity index (χ0v) is 15.3. The average molecular weight is 366 g/mol. The second kappa shape index (κ2) is 6.95. The third kappa shape index (κ3) is 3.12. The van der Waals surface area contributed by atoms with Gasteiger partial charge in [-0.05, 0) is 25.5 Å². The van der Waals surface area contributed by atoms with Gasteiger partial charge in [0.15, 0.2) is 12.1 Å². The summed E-state index contributed by atoms with van der Waals surface area (Å²) in [5.74, 6) is -0.409. The predicted octanol–water partition coefficient (Wildman–Crippen LogP) is 3.41. The van der Waals surface area contributed by atoms with E-state index in [2.05, 4.69) is 5.32 Å². The first kappa shape index (κ1) is 17.4. The van der Waals surface area contributed by atoms with Crippen molar-refractivity contribution in [3.8, 4) is 0 Å². The Balaban J connectivity index is 1.74. The molecular weight excluding hydrogens is 344 g/mol. The second-order valence-corrected chi connectivity index (χ2v) is 6.87. The van der Waals surface area contributed by atoms with Crippen molar-refractivity contribution in [1.82, 2.24) is 4.90 Å². The fourth-order valence-electron chi connectivity index (χ4n) is 3.81. The zero-order valence-electron chi connectivity index (χ0n) is 15.3. The van der Waals surface area contributed by atoms with Crippen molar-refractivity contribution in [1.29, 1.82) is 0 Å². The number of nitrogens with zero attached hydrogens (tertiary/aromatic N) is 1. The largest absolute Gasteiger partial charge is 0.464 e. The molecule has 0 aliphatic carbocycles. The van der Waals surface area contributed by atoms with E-state index in [1.807, 2.05) is 55.5 Å². The van der Waals surface area contributed by atoms with Crippen LogP contribution in [0.2, 0.25) is 0 Å². The number of fused-ring (bicyclic) bond motifs is 3. The molecular formula is C21H22N2O4. The Morgan fingerprint density at radius 1 is 1.22 bits per heavy atom. The van der Waals surface area contributed by atoms with Gasteiger partial charge in [-0.3, -0.25) is 4.90 Å². The number of hydrogen-bond donors (Lipinski definition) is 1. The zero-order chi connectivity index (χ0) is 19.0. The van der Waals surface area contributed by atoms with Crippen LogP contribution in [0.15, 0.2) is 48.5 Å². The first-order valence-corrected chi connectivity index (χ1v) is 9.13. The molecule has 3 atom stereocenters. The molecule has 6 nitrogen and oxygen atoms in total. The number of benzene rings is 2. The molecule has 2 aromatic rings. The lowest BCUT2D eigenvalue weighted by molar-refractivity contribution is -0.146. The minimum atomic E-state index is -0.727. The second-order valence-electron chi connectivity index (χ2n) is 6.87. The van der Waals surface area contributed by atoms with Crippen molar-refractivity contribution in [3.63, 3.8) is 0 Å². The quantitative estimate of drug-likeness (QED) is 0.840. The molecule has 1 amide bonds. The van der Waals surface area contributed by atoms with Crippen LogP contribution in [0, 0.1) is 6.92 Å². The smallest absolute Gasteiger partial charge is 0.411 e. The maximum atomic E-state index is 12.7. The van der Waals surface area contributed by atoms with Gasteiger partial charge in [-0.1, -0.05) is 48.0 Å². The Morgan fingerprint density at radius 2 is 2.00 bits per heavy atom. The van der Waals surface area contributed by atoms with Gasteiger partial charge < -0.3 is 14.8 Å². The number of anilines is 1. The van der Waals surface area contributed by atoms with Gasteiger partial charge in [0, 0.05) is 17.8 Å². The molecule has 2 aromatic carbocycles. The number of amides is 1. The van der Waals surface area contributed by atoms with Gasteiger partial charge in [-0.25, -0.2) is 9.59 Å². The van der Waals surface area contributed by atoms with Gasteiger partial charge in [0.2, 0.25) is 0 Å². The standard InChI is InChI=1S/C21H22N2O4/c1-3-26-20(24)17-19-18(15-11-13(2)9-10-16(15)22-17)23(21(25)27-19)12-14-7-5-4-6-8-14/h4-11,17-19,22H,3,12H2,1-2H3/t17-,18-,19+/m0/s1. The van der Waals surface area contributed by atoms with E-state index < -0.39 is 24.2 Å². The van der Waals surface area contributed by atoms with E-state index >= 15 is 0 Å². The third-order valence-corrected chi connectivity index (χ3v) is 5.02. The first-order valence-electron chi connectivity index (χ1n) is 9.13. The molecule has 1 saturated heterocycles. The normalized spacial score (nSPS) is 23.1. The van der Waals surface area contributed by atoms with Crippen LogP contribution in [0.4, 0.5) is 10.5 Å². The number of ether oxygens (including phenoxy) is 2. The molecule has 0 aromatic heterocycles. The molecule has 140 valence electrons. The third-order valence-electron chi connectivity index (χ3n) is 5.02. The van der Waals surface area contributed by atoms with Gasteiger partial charge in [-0.2, -0.15) is 0 Å². The fourth-order valence-corrected chi connectivity index (χ4v) is 3.81. The highest BCUT2D eigenvalue weighted by molar-refractivity contribution is 5.85. The lowest BCUT2D eigenvalue weighted by atomic mass is 9.88. The highest BCUT2D eigenvalue weighted by Crippen LogP contribution is 2.44. The monoisotopic (exact) mass is 366 g/mol. The summed E-state index contributed by atoms with van der Waals surface area (Å²) in [6.07, 6.45) is -1.05. The van der Waals surface area contributed by atoms with Gasteiger partial charge in [0.1, 0.15) is 6.04 Å². The Kier molecular flexibility index (Phi) is 4.48. The lowest BCUT2D eigenvalue weighted by Gasteiger charge is -2.36. The Morgan fingerprint density at radius 3 is 2.74 bits per heavy atom. The molecule has 0 saturated carbocycles. The van der Waals surface area contributed by atoms with E-state index in [0.717, 1.165) is 22.4 Å². The van der Waals surface area contributed by atoms with Crippen LogP contribution in [0.5, 0.6) is 0 Å². The summed E-state index contributed by atoms with van der Waals surface area (Å²) in [6.45, 7) is 4.46. The van der Waals surface area contributed by atoms with Crippen LogP contribution in [0.3, 0.4) is 0 Å². The SMILES string of the molecule is CCOC(=O)[C@H]1Nc2ccc(C)cc2[C@H]2[C@@H]1OC(=O)N2Cc1ccccc1. The molecule has 0 spiro atoms. The van der Waals surface area contributed by atoms with Crippen molar-refractivity contribution in [3.05, 3.63) is 65.2 Å². The molecule has 2 heterocycles. The number of carbonyl (C=O) groups is 2. The average Bonchev–Trinajstić information content (AvgIpc) is 2.98. The van der Waals surface area contributed by atoms with Crippen LogP contribution in [-0.4, -0.2) is 35.7 Å². The Bertz CT molecular complexity index is 868. The van der Waals surface area contributed by atoms with Gasteiger partial charge in [0.25, 0.3) is 0 Å². The highest BCUT2D eigenvalue weighted by atomic mass is 16.6. The number of nitrogens with one attached hydrogen (secondary N) is 1. The number of hydrogen-bond acceptors (Lipinski definition) is 5. The molecule has 2 aliphatic rings. The maximum absolute atomic E-state index is 12.7. The predicted molar refractivity (Wildman–Crippen MR) is 100 cm³/mol. The lowest BCUT2D eigenvalue weighted by Crippen LogP contribution is -2.48. The van der Waals surface area contributed by atoms with Crippen LogP contribution in [0.25, 0.3) is 0 Å². The Hall–Kier alpha value is -3.02. The maximum Gasteiger partial charge on any atom is 0.411 e. The van der Waals surface area contributed by atoms with Crippen LogP contribution >= 0.6 is 0 Å². The molecule has 4 rings (SSSR count). The summed E-state index contributed by atoms with van der Waals surface area (Å²) in [5.41, 5.74) is 3.89. The molecule has 6 heteroatoms. The van der Waals surface area contributed by atoms with Crippen molar-refractivity contribution in [2.24, 2.45) is 0 Å². The number of esters is 1. The van der Waals surface area contributed by atoms with E-state index in [-0.39, 0.29) is 12.6 Å². The number of carbonyl (C=O) groups excluding carboxylic acids is 2. The molecule has 1 N–H and O–H groups in total. The van der Waals surface area contributed by atoms with Crippen molar-refractivity contribution < 1.29 is 19.1 Å². The van der Waals surface area contributed by atoms with Crippen molar-refractivity contribution in [2.75, 3.05) is 11.9 Å². The molecule has 0 radical (unpaired) electrons. The minimum Gasteiger partial charge on any atom is -0.464 e. The minimum absolute atomic E-state index is 0.275. The summed E-state index contributed by atoms with van der Waals surface area (Å²) >= 11 is 0. The summed E-state index contributed by atoms with van der Waals surface area (Å²) < 4.78 is 10.9. The first-order chi connectivity index (χ1) is 13.1. The summed E-state index contributed by atoms with van der Waals surface area (Å²) in [5, 5.41) is 3.21. The van der Waals surface area contributed by atoms with E-state index in [4.69, 9.17) is 9.47 Å². The Labute approximate surface area is 158 Å². The van der Waals surface area contributed by atoms with E-state index in [1.165, 1.54) is 0 Å². The van der Waals surface area contributed by atoms with Crippen molar-refractivity contribution in [2.45, 2.75) is 38.6 Å². The molecule has 2 aliphatic heterocycles. The molecule has 0 unspecified atom stereocenters. The van der Waals surface area contributed by atoms with Crippen LogP contribution in [-0.2, 0) is 20.8 Å². The summed E-state index contributed by atoms with van der Waals surface area (Å²) in [4.78, 5) is 26.9. The fraction of sp³-hybridized carbons (Fsp3) is 0.333. The van der Waals surface area contributed by atoms with Crippen LogP contribution < -0.4 is 5.32 Å².